The molecule has 0 atom stereocenters. The summed E-state index contributed by atoms with van der Waals surface area (Å²) < 4.78 is 114. The maximum Gasteiger partial charge on any atom is 0.417 e. The largest absolute Gasteiger partial charge is 0.506 e. The first kappa shape index (κ1) is 17.2. The van der Waals surface area contributed by atoms with Gasteiger partial charge in [-0.05, 0) is 12.1 Å². The molecule has 0 heterocycles. The van der Waals surface area contributed by atoms with Gasteiger partial charge in [0.15, 0.2) is 0 Å². The molecule has 1 aromatic rings. The molecule has 0 spiro atoms. The molecule has 0 unspecified atom stereocenters. The van der Waals surface area contributed by atoms with E-state index in [1.54, 1.807) is 0 Å². The summed E-state index contributed by atoms with van der Waals surface area (Å²) in [5, 5.41) is 8.96. The highest BCUT2D eigenvalue weighted by molar-refractivity contribution is 5.58. The molecule has 0 aliphatic rings. The quantitative estimate of drug-likeness (QED) is 0.501. The molecule has 11 heteroatoms. The second-order valence-corrected chi connectivity index (χ2v) is 3.95. The van der Waals surface area contributed by atoms with Crippen molar-refractivity contribution in [3.8, 4) is 5.75 Å². The number of benzene rings is 1. The van der Waals surface area contributed by atoms with E-state index < -0.39 is 47.0 Å². The minimum atomic E-state index is -6.06. The predicted molar refractivity (Wildman–Crippen MR) is 52.4 cm³/mol. The van der Waals surface area contributed by atoms with Crippen molar-refractivity contribution < 1.29 is 44.6 Å². The minimum absolute atomic E-state index is 0.311. The van der Waals surface area contributed by atoms with Crippen LogP contribution in [0.2, 0.25) is 0 Å². The van der Waals surface area contributed by atoms with E-state index in [1.165, 1.54) is 0 Å². The van der Waals surface area contributed by atoms with E-state index in [1.807, 2.05) is 0 Å². The van der Waals surface area contributed by atoms with Crippen molar-refractivity contribution in [1.29, 1.82) is 0 Å². The van der Waals surface area contributed by atoms with Crippen molar-refractivity contribution in [2.24, 2.45) is 0 Å². The van der Waals surface area contributed by atoms with Gasteiger partial charge in [0, 0.05) is 5.56 Å². The molecule has 0 amide bonds. The van der Waals surface area contributed by atoms with Crippen LogP contribution >= 0.6 is 0 Å². The highest BCUT2D eigenvalue weighted by Gasteiger charge is 2.65. The third kappa shape index (κ3) is 2.81. The second-order valence-electron chi connectivity index (χ2n) is 3.95. The van der Waals surface area contributed by atoms with Crippen LogP contribution in [-0.4, -0.2) is 17.5 Å². The first-order chi connectivity index (χ1) is 9.23. The van der Waals surface area contributed by atoms with Crippen molar-refractivity contribution in [1.82, 2.24) is 0 Å². The molecule has 0 fully saturated rings. The number of aromatic hydroxyl groups is 1. The molecule has 0 aliphatic carbocycles. The maximum atomic E-state index is 13.4. The molecule has 0 bridgehead atoms. The molecule has 0 aliphatic heterocycles. The van der Waals surface area contributed by atoms with Crippen molar-refractivity contribution in [2.45, 2.75) is 24.4 Å². The van der Waals surface area contributed by atoms with E-state index in [9.17, 15) is 39.5 Å². The second kappa shape index (κ2) is 4.88. The van der Waals surface area contributed by atoms with E-state index in [4.69, 9.17) is 10.8 Å². The van der Waals surface area contributed by atoms with Crippen molar-refractivity contribution in [3.63, 3.8) is 0 Å². The lowest BCUT2D eigenvalue weighted by molar-refractivity contribution is -0.272. The Morgan fingerprint density at radius 2 is 1.38 bits per heavy atom. The van der Waals surface area contributed by atoms with Crippen LogP contribution in [0.1, 0.15) is 11.1 Å². The Bertz CT molecular complexity index is 538. The van der Waals surface area contributed by atoms with Gasteiger partial charge in [0.05, 0.1) is 11.3 Å². The highest BCUT2D eigenvalue weighted by Crippen LogP contribution is 2.51. The van der Waals surface area contributed by atoms with Gasteiger partial charge in [0.1, 0.15) is 5.75 Å². The summed E-state index contributed by atoms with van der Waals surface area (Å²) in [6.07, 6.45) is -10.5. The molecule has 1 rings (SSSR count). The van der Waals surface area contributed by atoms with Crippen molar-refractivity contribution >= 4 is 5.69 Å². The summed E-state index contributed by atoms with van der Waals surface area (Å²) in [6.45, 7) is 0. The van der Waals surface area contributed by atoms with Gasteiger partial charge in [0.25, 0.3) is 0 Å². The Morgan fingerprint density at radius 1 is 0.905 bits per heavy atom. The lowest BCUT2D eigenvalue weighted by Gasteiger charge is -2.28. The number of anilines is 1. The molecular weight excluding hydrogens is 321 g/mol. The summed E-state index contributed by atoms with van der Waals surface area (Å²) in [6, 6.07) is -0.644. The Balaban J connectivity index is 3.66. The topological polar surface area (TPSA) is 46.2 Å². The number of phenols is 1. The fourth-order valence-electron chi connectivity index (χ4n) is 1.42. The van der Waals surface area contributed by atoms with Crippen LogP contribution in [0, 0.1) is 0 Å². The number of nitrogens with two attached hydrogens (primary N) is 1. The lowest BCUT2D eigenvalue weighted by atomic mass is 9.95. The highest BCUT2D eigenvalue weighted by atomic mass is 19.4. The van der Waals surface area contributed by atoms with Crippen LogP contribution in [0.15, 0.2) is 12.1 Å². The van der Waals surface area contributed by atoms with Crippen LogP contribution < -0.4 is 5.73 Å². The first-order valence-corrected chi connectivity index (χ1v) is 4.96. The normalized spacial score (nSPS) is 13.8. The lowest BCUT2D eigenvalue weighted by Crippen LogP contribution is -2.45. The van der Waals surface area contributed by atoms with Gasteiger partial charge in [-0.25, -0.2) is 8.78 Å². The van der Waals surface area contributed by atoms with Gasteiger partial charge in [-0.3, -0.25) is 0 Å². The predicted octanol–water partition coefficient (Wildman–Crippen LogP) is 3.99. The van der Waals surface area contributed by atoms with Crippen LogP contribution in [0.25, 0.3) is 0 Å². The fourth-order valence-corrected chi connectivity index (χ4v) is 1.42. The number of halogens is 9. The third-order valence-corrected chi connectivity index (χ3v) is 2.50. The summed E-state index contributed by atoms with van der Waals surface area (Å²) >= 11 is 0. The molecule has 0 saturated carbocycles. The maximum absolute atomic E-state index is 13.4. The zero-order valence-electron chi connectivity index (χ0n) is 9.66. The first-order valence-electron chi connectivity index (χ1n) is 4.96. The van der Waals surface area contributed by atoms with Crippen molar-refractivity contribution in [3.05, 3.63) is 23.3 Å². The number of hydrogen-bond donors (Lipinski definition) is 2. The number of hydrogen-bond acceptors (Lipinski definition) is 2. The van der Waals surface area contributed by atoms with Crippen LogP contribution in [0.3, 0.4) is 0 Å². The Hall–Kier alpha value is -1.81. The van der Waals surface area contributed by atoms with Crippen molar-refractivity contribution in [2.75, 3.05) is 5.73 Å². The molecule has 1 aromatic carbocycles. The zero-order valence-corrected chi connectivity index (χ0v) is 9.66. The molecule has 0 saturated heterocycles. The van der Waals surface area contributed by atoms with E-state index in [2.05, 4.69) is 0 Å². The fraction of sp³-hybridized carbons (Fsp3) is 0.400. The van der Waals surface area contributed by atoms with Gasteiger partial charge < -0.3 is 10.8 Å². The van der Waals surface area contributed by atoms with Gasteiger partial charge >= 0.3 is 24.4 Å². The van der Waals surface area contributed by atoms with E-state index >= 15 is 0 Å². The Morgan fingerprint density at radius 3 is 1.76 bits per heavy atom. The molecule has 0 radical (unpaired) electrons. The summed E-state index contributed by atoms with van der Waals surface area (Å²) in [5.74, 6) is -13.2. The molecule has 21 heavy (non-hydrogen) atoms. The van der Waals surface area contributed by atoms with E-state index in [0.29, 0.717) is 0 Å². The van der Waals surface area contributed by atoms with Gasteiger partial charge in [-0.1, -0.05) is 0 Å². The monoisotopic (exact) mass is 327 g/mol. The van der Waals surface area contributed by atoms with Crippen LogP contribution in [0.4, 0.5) is 45.2 Å². The number of rotatable bonds is 3. The van der Waals surface area contributed by atoms with Crippen LogP contribution in [-0.2, 0) is 12.1 Å². The average Bonchev–Trinajstić information content (AvgIpc) is 2.30. The zero-order chi connectivity index (χ0) is 16.8. The Labute approximate surface area is 111 Å². The number of alkyl halides is 9. The minimum Gasteiger partial charge on any atom is -0.506 e. The third-order valence-electron chi connectivity index (χ3n) is 2.50. The van der Waals surface area contributed by atoms with Crippen LogP contribution in [0.5, 0.6) is 5.75 Å². The molecule has 0 aromatic heterocycles. The van der Waals surface area contributed by atoms with E-state index in [0.717, 1.165) is 0 Å². The molecule has 3 N–H and O–H groups in total. The number of nitrogen functional groups attached to an aromatic ring is 1. The SMILES string of the molecule is Nc1cc(C(F)(F)C(F)(F)C(F)F)c(C(F)(F)F)cc1O. The summed E-state index contributed by atoms with van der Waals surface area (Å²) in [7, 11) is 0. The number of phenolic OH excluding ortho intramolecular Hbond substituents is 1. The van der Waals surface area contributed by atoms with E-state index in [-0.39, 0.29) is 12.1 Å². The molecular formula is C10H6F9NO. The summed E-state index contributed by atoms with van der Waals surface area (Å²) in [4.78, 5) is 0. The standard InChI is InChI=1S/C10H6F9NO/c11-7(12)9(15,16)8(13,14)3-1-5(20)6(21)2-4(3)10(17,18)19/h1-2,7,21H,20H2. The van der Waals surface area contributed by atoms with Gasteiger partial charge in [0.2, 0.25) is 0 Å². The Kier molecular flexibility index (Phi) is 4.01. The van der Waals surface area contributed by atoms with Gasteiger partial charge in [-0.15, -0.1) is 0 Å². The summed E-state index contributed by atoms with van der Waals surface area (Å²) in [5.41, 5.74) is -1.07. The van der Waals surface area contributed by atoms with Gasteiger partial charge in [-0.2, -0.15) is 30.7 Å². The molecule has 2 nitrogen and oxygen atoms in total. The smallest absolute Gasteiger partial charge is 0.417 e. The molecule has 120 valence electrons. The average molecular weight is 327 g/mol.